The summed E-state index contributed by atoms with van der Waals surface area (Å²) in [4.78, 5) is 43.9. The smallest absolute Gasteiger partial charge is 0.306 e. The van der Waals surface area contributed by atoms with Gasteiger partial charge in [0.15, 0.2) is 0 Å². The van der Waals surface area contributed by atoms with Crippen molar-refractivity contribution >= 4 is 11.9 Å². The molecule has 0 aromatic rings. The van der Waals surface area contributed by atoms with Gasteiger partial charge in [-0.3, -0.25) is 9.59 Å². The van der Waals surface area contributed by atoms with Crippen LogP contribution in [0.3, 0.4) is 0 Å². The summed E-state index contributed by atoms with van der Waals surface area (Å²) in [7, 11) is 0. The van der Waals surface area contributed by atoms with E-state index in [0.717, 1.165) is 38.5 Å². The van der Waals surface area contributed by atoms with E-state index in [1.54, 1.807) is 6.92 Å². The van der Waals surface area contributed by atoms with Gasteiger partial charge in [0, 0.05) is 12.8 Å². The third-order valence-electron chi connectivity index (χ3n) is 4.30. The third-order valence-corrected chi connectivity index (χ3v) is 4.30. The molecule has 0 aromatic carbocycles. The van der Waals surface area contributed by atoms with Crippen LogP contribution in [0.5, 0.6) is 0 Å². The number of hydrogen-bond donors (Lipinski definition) is 1. The number of carboxylic acid groups (broad SMARTS) is 1. The summed E-state index contributed by atoms with van der Waals surface area (Å²) in [5.74, 6) is -2.81. The van der Waals surface area contributed by atoms with Gasteiger partial charge in [0.1, 0.15) is 0 Å². The SMILES string of the molecule is CCCCC(CC(C)(OOC(C)(C)C)OOC(C)(C)C)C(=O)O.CCCCOC(=O)CCCC. The van der Waals surface area contributed by atoms with Crippen LogP contribution in [-0.2, 0) is 33.9 Å². The maximum atomic E-state index is 11.5. The predicted molar refractivity (Wildman–Crippen MR) is 133 cm³/mol. The first-order valence-corrected chi connectivity index (χ1v) is 12.7. The topological polar surface area (TPSA) is 101 Å². The fraction of sp³-hybridized carbons (Fsp3) is 0.923. The van der Waals surface area contributed by atoms with Gasteiger partial charge in [-0.15, -0.1) is 0 Å². The molecule has 0 aliphatic carbocycles. The van der Waals surface area contributed by atoms with E-state index in [0.29, 0.717) is 19.4 Å². The summed E-state index contributed by atoms with van der Waals surface area (Å²) in [5, 5.41) is 9.43. The van der Waals surface area contributed by atoms with Crippen molar-refractivity contribution in [3.05, 3.63) is 0 Å². The fourth-order valence-corrected chi connectivity index (χ4v) is 2.44. The van der Waals surface area contributed by atoms with E-state index in [1.807, 2.05) is 48.5 Å². The molecule has 1 N–H and O–H groups in total. The number of carbonyl (C=O) groups is 2. The Bertz CT molecular complexity index is 516. The maximum Gasteiger partial charge on any atom is 0.306 e. The van der Waals surface area contributed by atoms with E-state index in [2.05, 4.69) is 13.8 Å². The van der Waals surface area contributed by atoms with Crippen LogP contribution in [0.2, 0.25) is 0 Å². The van der Waals surface area contributed by atoms with Crippen molar-refractivity contribution in [1.82, 2.24) is 0 Å². The molecule has 0 amide bonds. The minimum atomic E-state index is -1.31. The highest BCUT2D eigenvalue weighted by Gasteiger charge is 2.38. The Morgan fingerprint density at radius 3 is 1.59 bits per heavy atom. The summed E-state index contributed by atoms with van der Waals surface area (Å²) in [5.41, 5.74) is -1.09. The van der Waals surface area contributed by atoms with Gasteiger partial charge < -0.3 is 9.84 Å². The second kappa shape index (κ2) is 18.1. The van der Waals surface area contributed by atoms with E-state index in [4.69, 9.17) is 24.3 Å². The lowest BCUT2D eigenvalue weighted by molar-refractivity contribution is -0.538. The average Bonchev–Trinajstić information content (AvgIpc) is 2.72. The van der Waals surface area contributed by atoms with Gasteiger partial charge in [0.2, 0.25) is 5.79 Å². The number of aliphatic carboxylic acids is 1. The molecular formula is C26H52O8. The van der Waals surface area contributed by atoms with Crippen molar-refractivity contribution in [3.8, 4) is 0 Å². The molecule has 0 radical (unpaired) electrons. The molecule has 0 heterocycles. The van der Waals surface area contributed by atoms with Crippen LogP contribution in [-0.4, -0.2) is 40.6 Å². The van der Waals surface area contributed by atoms with Gasteiger partial charge in [-0.1, -0.05) is 46.5 Å². The number of hydrogen-bond acceptors (Lipinski definition) is 7. The molecule has 204 valence electrons. The first kappa shape index (κ1) is 34.9. The van der Waals surface area contributed by atoms with Gasteiger partial charge in [-0.05, 0) is 67.7 Å². The van der Waals surface area contributed by atoms with Crippen LogP contribution in [0.4, 0.5) is 0 Å². The van der Waals surface area contributed by atoms with Crippen LogP contribution in [0.1, 0.15) is 127 Å². The molecule has 0 saturated heterocycles. The number of esters is 1. The van der Waals surface area contributed by atoms with Crippen molar-refractivity contribution in [3.63, 3.8) is 0 Å². The predicted octanol–water partition coefficient (Wildman–Crippen LogP) is 7.00. The van der Waals surface area contributed by atoms with Gasteiger partial charge in [0.25, 0.3) is 0 Å². The van der Waals surface area contributed by atoms with Crippen LogP contribution in [0, 0.1) is 5.92 Å². The molecular weight excluding hydrogens is 440 g/mol. The van der Waals surface area contributed by atoms with Crippen molar-refractivity contribution < 1.29 is 39.0 Å². The Labute approximate surface area is 207 Å². The highest BCUT2D eigenvalue weighted by molar-refractivity contribution is 5.70. The zero-order valence-electron chi connectivity index (χ0n) is 23.5. The van der Waals surface area contributed by atoms with E-state index in [-0.39, 0.29) is 12.4 Å². The Morgan fingerprint density at radius 2 is 1.21 bits per heavy atom. The van der Waals surface area contributed by atoms with Crippen LogP contribution < -0.4 is 0 Å². The minimum Gasteiger partial charge on any atom is -0.481 e. The Hall–Kier alpha value is -1.22. The molecule has 0 aliphatic rings. The quantitative estimate of drug-likeness (QED) is 0.0808. The third kappa shape index (κ3) is 22.6. The zero-order valence-corrected chi connectivity index (χ0v) is 23.5. The van der Waals surface area contributed by atoms with Crippen LogP contribution in [0.25, 0.3) is 0 Å². The lowest BCUT2D eigenvalue weighted by Crippen LogP contribution is -2.41. The molecule has 0 aromatic heterocycles. The maximum absolute atomic E-state index is 11.5. The summed E-state index contributed by atoms with van der Waals surface area (Å²) < 4.78 is 4.95. The second-order valence-corrected chi connectivity index (χ2v) is 10.8. The minimum absolute atomic E-state index is 0.0414. The summed E-state index contributed by atoms with van der Waals surface area (Å²) in [6, 6.07) is 0. The molecule has 0 spiro atoms. The number of rotatable bonds is 16. The molecule has 8 heteroatoms. The lowest BCUT2D eigenvalue weighted by atomic mass is 9.94. The normalized spacial score (nSPS) is 13.1. The fourth-order valence-electron chi connectivity index (χ4n) is 2.44. The lowest BCUT2D eigenvalue weighted by Gasteiger charge is -2.34. The number of carboxylic acids is 1. The molecule has 0 saturated carbocycles. The summed E-state index contributed by atoms with van der Waals surface area (Å²) in [6.45, 7) is 19.4. The zero-order chi connectivity index (χ0) is 26.8. The van der Waals surface area contributed by atoms with Crippen molar-refractivity contribution in [2.24, 2.45) is 5.92 Å². The van der Waals surface area contributed by atoms with E-state index < -0.39 is 28.9 Å². The molecule has 1 unspecified atom stereocenters. The van der Waals surface area contributed by atoms with E-state index >= 15 is 0 Å². The standard InChI is InChI=1S/C17H34O6.C9H18O2/c1-9-10-11-13(14(18)19)12-17(8,22-20-15(2,3)4)23-21-16(5,6)7;1-3-5-7-9(10)11-8-6-4-2/h13H,9-12H2,1-8H3,(H,18,19);3-8H2,1-2H3. The molecule has 0 fully saturated rings. The number of carbonyl (C=O) groups excluding carboxylic acids is 1. The van der Waals surface area contributed by atoms with Crippen molar-refractivity contribution in [2.75, 3.05) is 6.61 Å². The Morgan fingerprint density at radius 1 is 0.735 bits per heavy atom. The van der Waals surface area contributed by atoms with Crippen molar-refractivity contribution in [1.29, 1.82) is 0 Å². The Kier molecular flexibility index (Phi) is 18.6. The number of unbranched alkanes of at least 4 members (excludes halogenated alkanes) is 3. The summed E-state index contributed by atoms with van der Waals surface area (Å²) >= 11 is 0. The van der Waals surface area contributed by atoms with Gasteiger partial charge >= 0.3 is 11.9 Å². The second-order valence-electron chi connectivity index (χ2n) is 10.8. The van der Waals surface area contributed by atoms with E-state index in [1.165, 1.54) is 0 Å². The first-order valence-electron chi connectivity index (χ1n) is 12.7. The highest BCUT2D eigenvalue weighted by Crippen LogP contribution is 2.30. The van der Waals surface area contributed by atoms with Gasteiger partial charge in [-0.25, -0.2) is 9.78 Å². The molecule has 1 atom stereocenters. The molecule has 0 rings (SSSR count). The molecule has 0 bridgehead atoms. The van der Waals surface area contributed by atoms with Crippen LogP contribution >= 0.6 is 0 Å². The Balaban J connectivity index is 0. The van der Waals surface area contributed by atoms with Crippen LogP contribution in [0.15, 0.2) is 0 Å². The van der Waals surface area contributed by atoms with Crippen molar-refractivity contribution in [2.45, 2.75) is 144 Å². The largest absolute Gasteiger partial charge is 0.481 e. The molecule has 8 nitrogen and oxygen atoms in total. The highest BCUT2D eigenvalue weighted by atomic mass is 17.3. The van der Waals surface area contributed by atoms with Gasteiger partial charge in [0.05, 0.1) is 23.7 Å². The molecule has 34 heavy (non-hydrogen) atoms. The monoisotopic (exact) mass is 492 g/mol. The van der Waals surface area contributed by atoms with Gasteiger partial charge in [-0.2, -0.15) is 9.78 Å². The van der Waals surface area contributed by atoms with E-state index in [9.17, 15) is 14.7 Å². The summed E-state index contributed by atoms with van der Waals surface area (Å²) in [6.07, 6.45) is 7.10. The first-order chi connectivity index (χ1) is 15.6. The average molecular weight is 493 g/mol. The number of ether oxygens (including phenoxy) is 1. The molecule has 0 aliphatic heterocycles.